The molecule has 0 aromatic heterocycles. The van der Waals surface area contributed by atoms with Gasteiger partial charge in [-0.3, -0.25) is 9.52 Å². The van der Waals surface area contributed by atoms with Crippen LogP contribution in [0.25, 0.3) is 0 Å². The molecule has 30 heavy (non-hydrogen) atoms. The maximum Gasteiger partial charge on any atom is 0.262 e. The molecular formula is C22H22N2O5S. The van der Waals surface area contributed by atoms with Crippen molar-refractivity contribution in [3.05, 3.63) is 78.4 Å². The van der Waals surface area contributed by atoms with Crippen molar-refractivity contribution < 1.29 is 22.7 Å². The Morgan fingerprint density at radius 2 is 1.67 bits per heavy atom. The summed E-state index contributed by atoms with van der Waals surface area (Å²) in [4.78, 5) is 12.1. The molecule has 0 saturated carbocycles. The molecule has 0 saturated heterocycles. The number of aryl methyl sites for hydroxylation is 1. The molecule has 3 rings (SSSR count). The molecule has 0 spiro atoms. The van der Waals surface area contributed by atoms with Crippen LogP contribution in [-0.2, 0) is 14.8 Å². The molecule has 3 aromatic rings. The van der Waals surface area contributed by atoms with Gasteiger partial charge >= 0.3 is 0 Å². The molecule has 0 aliphatic carbocycles. The van der Waals surface area contributed by atoms with E-state index in [2.05, 4.69) is 10.0 Å². The number of ether oxygens (including phenoxy) is 2. The van der Waals surface area contributed by atoms with Crippen molar-refractivity contribution in [2.75, 3.05) is 23.8 Å². The van der Waals surface area contributed by atoms with E-state index in [0.29, 0.717) is 22.9 Å². The summed E-state index contributed by atoms with van der Waals surface area (Å²) in [6.07, 6.45) is 0. The fourth-order valence-corrected chi connectivity index (χ4v) is 3.75. The highest BCUT2D eigenvalue weighted by molar-refractivity contribution is 7.92. The molecule has 0 radical (unpaired) electrons. The zero-order valence-corrected chi connectivity index (χ0v) is 17.4. The zero-order valence-electron chi connectivity index (χ0n) is 16.6. The number of sulfonamides is 1. The number of hydrogen-bond donors (Lipinski definition) is 2. The van der Waals surface area contributed by atoms with E-state index < -0.39 is 10.0 Å². The minimum Gasteiger partial charge on any atom is -0.495 e. The molecular weight excluding hydrogens is 404 g/mol. The molecule has 2 N–H and O–H groups in total. The summed E-state index contributed by atoms with van der Waals surface area (Å²) in [5.41, 5.74) is 1.71. The number of amides is 1. The Bertz CT molecular complexity index is 1110. The van der Waals surface area contributed by atoms with Gasteiger partial charge in [-0.05, 0) is 61.0 Å². The van der Waals surface area contributed by atoms with E-state index in [9.17, 15) is 13.2 Å². The zero-order chi connectivity index (χ0) is 21.6. The maximum absolute atomic E-state index is 12.7. The molecule has 0 heterocycles. The van der Waals surface area contributed by atoms with Crippen LogP contribution in [0.2, 0.25) is 0 Å². The van der Waals surface area contributed by atoms with Crippen molar-refractivity contribution in [3.63, 3.8) is 0 Å². The first kappa shape index (κ1) is 21.2. The van der Waals surface area contributed by atoms with E-state index in [0.717, 1.165) is 5.56 Å². The van der Waals surface area contributed by atoms with Gasteiger partial charge in [0, 0.05) is 5.69 Å². The lowest BCUT2D eigenvalue weighted by molar-refractivity contribution is -0.118. The molecule has 1 amide bonds. The minimum atomic E-state index is -3.82. The SMILES string of the molecule is COc1ccc(C)cc1NS(=O)(=O)c1ccc(NC(=O)COc2ccccc2)cc1. The standard InChI is InChI=1S/C22H22N2O5S/c1-16-8-13-21(28-2)20(14-16)24-30(26,27)19-11-9-17(10-12-19)23-22(25)15-29-18-6-4-3-5-7-18/h3-14,24H,15H2,1-2H3,(H,23,25). The molecule has 0 unspecified atom stereocenters. The van der Waals surface area contributed by atoms with Gasteiger partial charge in [0.15, 0.2) is 6.61 Å². The second kappa shape index (κ2) is 9.32. The third-order valence-corrected chi connectivity index (χ3v) is 5.54. The molecule has 0 fully saturated rings. The van der Waals surface area contributed by atoms with Gasteiger partial charge in [0.1, 0.15) is 11.5 Å². The number of para-hydroxylation sites is 1. The number of benzene rings is 3. The second-order valence-corrected chi connectivity index (χ2v) is 8.17. The summed E-state index contributed by atoms with van der Waals surface area (Å²) >= 11 is 0. The van der Waals surface area contributed by atoms with E-state index in [4.69, 9.17) is 9.47 Å². The fraction of sp³-hybridized carbons (Fsp3) is 0.136. The first-order valence-electron chi connectivity index (χ1n) is 9.12. The number of nitrogens with one attached hydrogen (secondary N) is 2. The Kier molecular flexibility index (Phi) is 6.58. The lowest BCUT2D eigenvalue weighted by Gasteiger charge is -2.13. The Balaban J connectivity index is 1.64. The van der Waals surface area contributed by atoms with Gasteiger partial charge in [-0.15, -0.1) is 0 Å². The van der Waals surface area contributed by atoms with Crippen molar-refractivity contribution in [1.82, 2.24) is 0 Å². The summed E-state index contributed by atoms with van der Waals surface area (Å²) in [5, 5.41) is 2.67. The second-order valence-electron chi connectivity index (χ2n) is 6.48. The fourth-order valence-electron chi connectivity index (χ4n) is 2.69. The van der Waals surface area contributed by atoms with Crippen LogP contribution in [0.3, 0.4) is 0 Å². The average molecular weight is 426 g/mol. The molecule has 156 valence electrons. The van der Waals surface area contributed by atoms with Crippen molar-refractivity contribution in [2.24, 2.45) is 0 Å². The van der Waals surface area contributed by atoms with E-state index in [1.807, 2.05) is 31.2 Å². The first-order valence-corrected chi connectivity index (χ1v) is 10.6. The number of rotatable bonds is 8. The van der Waals surface area contributed by atoms with Crippen LogP contribution in [0, 0.1) is 6.92 Å². The molecule has 0 aliphatic heterocycles. The number of anilines is 2. The normalized spacial score (nSPS) is 10.9. The summed E-state index contributed by atoms with van der Waals surface area (Å²) in [7, 11) is -2.35. The van der Waals surface area contributed by atoms with E-state index in [1.165, 1.54) is 31.4 Å². The third-order valence-electron chi connectivity index (χ3n) is 4.16. The molecule has 8 heteroatoms. The predicted molar refractivity (Wildman–Crippen MR) is 116 cm³/mol. The topological polar surface area (TPSA) is 93.7 Å². The van der Waals surface area contributed by atoms with E-state index >= 15 is 0 Å². The molecule has 3 aromatic carbocycles. The summed E-state index contributed by atoms with van der Waals surface area (Å²) in [5.74, 6) is 0.662. The lowest BCUT2D eigenvalue weighted by atomic mass is 10.2. The van der Waals surface area contributed by atoms with Crippen molar-refractivity contribution in [2.45, 2.75) is 11.8 Å². The highest BCUT2D eigenvalue weighted by Gasteiger charge is 2.17. The van der Waals surface area contributed by atoms with Crippen molar-refractivity contribution in [3.8, 4) is 11.5 Å². The van der Waals surface area contributed by atoms with Gasteiger partial charge in [0.2, 0.25) is 0 Å². The first-order chi connectivity index (χ1) is 14.4. The minimum absolute atomic E-state index is 0.0598. The van der Waals surface area contributed by atoms with Crippen LogP contribution in [0.5, 0.6) is 11.5 Å². The van der Waals surface area contributed by atoms with E-state index in [-0.39, 0.29) is 17.4 Å². The number of methoxy groups -OCH3 is 1. The van der Waals surface area contributed by atoms with Gasteiger partial charge in [0.25, 0.3) is 15.9 Å². The summed E-state index contributed by atoms with van der Waals surface area (Å²) in [6.45, 7) is 1.70. The van der Waals surface area contributed by atoms with Crippen molar-refractivity contribution >= 4 is 27.3 Å². The Labute approximate surface area is 175 Å². The molecule has 0 bridgehead atoms. The average Bonchev–Trinajstić information content (AvgIpc) is 2.73. The highest BCUT2D eigenvalue weighted by Crippen LogP contribution is 2.28. The number of hydrogen-bond acceptors (Lipinski definition) is 5. The Morgan fingerprint density at radius 3 is 2.33 bits per heavy atom. The molecule has 0 aliphatic rings. The third kappa shape index (κ3) is 5.51. The smallest absolute Gasteiger partial charge is 0.262 e. The van der Waals surface area contributed by atoms with E-state index in [1.54, 1.807) is 24.3 Å². The summed E-state index contributed by atoms with van der Waals surface area (Å²) < 4.78 is 38.5. The Morgan fingerprint density at radius 1 is 0.967 bits per heavy atom. The Hall–Kier alpha value is -3.52. The van der Waals surface area contributed by atoms with Crippen LogP contribution in [0.4, 0.5) is 11.4 Å². The van der Waals surface area contributed by atoms with Crippen LogP contribution in [-0.4, -0.2) is 28.0 Å². The summed E-state index contributed by atoms with van der Waals surface area (Å²) in [6, 6.07) is 20.1. The van der Waals surface area contributed by atoms with Gasteiger partial charge < -0.3 is 14.8 Å². The maximum atomic E-state index is 12.7. The number of carbonyl (C=O) groups excluding carboxylic acids is 1. The van der Waals surface area contributed by atoms with Crippen molar-refractivity contribution in [1.29, 1.82) is 0 Å². The largest absolute Gasteiger partial charge is 0.495 e. The highest BCUT2D eigenvalue weighted by atomic mass is 32.2. The molecule has 7 nitrogen and oxygen atoms in total. The van der Waals surface area contributed by atoms with Gasteiger partial charge in [0.05, 0.1) is 17.7 Å². The predicted octanol–water partition coefficient (Wildman–Crippen LogP) is 3.82. The van der Waals surface area contributed by atoms with Crippen LogP contribution < -0.4 is 19.5 Å². The van der Waals surface area contributed by atoms with Crippen LogP contribution >= 0.6 is 0 Å². The monoisotopic (exact) mass is 426 g/mol. The van der Waals surface area contributed by atoms with Crippen LogP contribution in [0.15, 0.2) is 77.7 Å². The van der Waals surface area contributed by atoms with Gasteiger partial charge in [-0.25, -0.2) is 8.42 Å². The van der Waals surface area contributed by atoms with Crippen LogP contribution in [0.1, 0.15) is 5.56 Å². The quantitative estimate of drug-likeness (QED) is 0.571. The molecule has 0 atom stereocenters. The number of carbonyl (C=O) groups is 1. The van der Waals surface area contributed by atoms with Gasteiger partial charge in [-0.1, -0.05) is 24.3 Å². The van der Waals surface area contributed by atoms with Gasteiger partial charge in [-0.2, -0.15) is 0 Å². The lowest BCUT2D eigenvalue weighted by Crippen LogP contribution is -2.20.